The minimum Gasteiger partial charge on any atom is -0.497 e. The van der Waals surface area contributed by atoms with Gasteiger partial charge in [0.05, 0.1) is 17.7 Å². The average Bonchev–Trinajstić information content (AvgIpc) is 2.92. The van der Waals surface area contributed by atoms with Crippen molar-refractivity contribution < 1.29 is 22.7 Å². The lowest BCUT2D eigenvalue weighted by Gasteiger charge is -2.33. The lowest BCUT2D eigenvalue weighted by Crippen LogP contribution is -2.52. The number of aryl methyl sites for hydroxylation is 1. The first-order valence-corrected chi connectivity index (χ1v) is 14.0. The van der Waals surface area contributed by atoms with Crippen LogP contribution in [0.1, 0.15) is 31.4 Å². The molecule has 0 radical (unpaired) electrons. The summed E-state index contributed by atoms with van der Waals surface area (Å²) in [7, 11) is -2.52. The molecule has 1 N–H and O–H groups in total. The maximum absolute atomic E-state index is 13.9. The zero-order valence-electron chi connectivity index (χ0n) is 22.3. The number of likely N-dealkylation sites (N-methyl/N-ethyl adjacent to an activating group) is 1. The molecule has 38 heavy (non-hydrogen) atoms. The molecule has 0 fully saturated rings. The zero-order chi connectivity index (χ0) is 27.7. The van der Waals surface area contributed by atoms with Crippen LogP contribution in [0.25, 0.3) is 0 Å². The summed E-state index contributed by atoms with van der Waals surface area (Å²) in [4.78, 5) is 28.5. The quantitative estimate of drug-likeness (QED) is 0.375. The molecule has 0 aliphatic carbocycles. The molecule has 0 saturated heterocycles. The van der Waals surface area contributed by atoms with Crippen LogP contribution in [-0.2, 0) is 26.2 Å². The van der Waals surface area contributed by atoms with Crippen LogP contribution in [0, 0.1) is 6.92 Å². The molecule has 0 aromatic heterocycles. The monoisotopic (exact) mass is 537 g/mol. The first-order chi connectivity index (χ1) is 18.2. The van der Waals surface area contributed by atoms with E-state index in [0.717, 1.165) is 15.4 Å². The number of amides is 2. The van der Waals surface area contributed by atoms with E-state index in [1.54, 1.807) is 61.7 Å². The molecule has 0 aliphatic rings. The number of benzene rings is 3. The van der Waals surface area contributed by atoms with E-state index in [2.05, 4.69) is 5.32 Å². The molecule has 8 nitrogen and oxygen atoms in total. The second kappa shape index (κ2) is 13.1. The van der Waals surface area contributed by atoms with Gasteiger partial charge in [0.1, 0.15) is 18.3 Å². The SMILES string of the molecule is CCNC(=O)[C@H](CC)N(Cc1cccc(OC)c1)C(=O)CN(c1ccc(C)cc1)S(=O)(=O)c1ccccc1. The fraction of sp³-hybridized carbons (Fsp3) is 0.310. The Balaban J connectivity index is 2.05. The van der Waals surface area contributed by atoms with Crippen molar-refractivity contribution in [1.82, 2.24) is 10.2 Å². The van der Waals surface area contributed by atoms with Crippen molar-refractivity contribution >= 4 is 27.5 Å². The number of rotatable bonds is 12. The number of anilines is 1. The fourth-order valence-electron chi connectivity index (χ4n) is 4.14. The number of carbonyl (C=O) groups excluding carboxylic acids is 2. The summed E-state index contributed by atoms with van der Waals surface area (Å²) >= 11 is 0. The number of hydrogen-bond donors (Lipinski definition) is 1. The third-order valence-corrected chi connectivity index (χ3v) is 7.94. The van der Waals surface area contributed by atoms with Gasteiger partial charge in [-0.15, -0.1) is 0 Å². The Morgan fingerprint density at radius 2 is 1.63 bits per heavy atom. The Hall–Kier alpha value is -3.85. The zero-order valence-corrected chi connectivity index (χ0v) is 23.1. The summed E-state index contributed by atoms with van der Waals surface area (Å²) in [5.74, 6) is -0.168. The van der Waals surface area contributed by atoms with Gasteiger partial charge in [0.25, 0.3) is 10.0 Å². The lowest BCUT2D eigenvalue weighted by molar-refractivity contribution is -0.140. The minimum absolute atomic E-state index is 0.0727. The molecule has 0 bridgehead atoms. The number of methoxy groups -OCH3 is 1. The van der Waals surface area contributed by atoms with Gasteiger partial charge < -0.3 is 15.0 Å². The normalized spacial score (nSPS) is 11.9. The topological polar surface area (TPSA) is 96.0 Å². The van der Waals surface area contributed by atoms with E-state index < -0.39 is 28.5 Å². The van der Waals surface area contributed by atoms with E-state index in [1.807, 2.05) is 32.9 Å². The van der Waals surface area contributed by atoms with Gasteiger partial charge in [0.15, 0.2) is 0 Å². The van der Waals surface area contributed by atoms with E-state index in [0.29, 0.717) is 24.4 Å². The smallest absolute Gasteiger partial charge is 0.264 e. The summed E-state index contributed by atoms with van der Waals surface area (Å²) in [6, 6.07) is 21.4. The van der Waals surface area contributed by atoms with Crippen LogP contribution < -0.4 is 14.4 Å². The number of nitrogens with zero attached hydrogens (tertiary/aromatic N) is 2. The standard InChI is InChI=1S/C29H35N3O5S/c1-5-27(29(34)30-6-2)31(20-23-11-10-12-25(19-23)37-4)28(33)21-32(24-17-15-22(3)16-18-24)38(35,36)26-13-8-7-9-14-26/h7-19,27H,5-6,20-21H2,1-4H3,(H,30,34)/t27-/m0/s1. The third-order valence-electron chi connectivity index (χ3n) is 6.16. The third kappa shape index (κ3) is 6.92. The molecular formula is C29H35N3O5S. The predicted molar refractivity (Wildman–Crippen MR) is 148 cm³/mol. The molecule has 9 heteroatoms. The molecule has 3 aromatic rings. The molecular weight excluding hydrogens is 502 g/mol. The molecule has 0 unspecified atom stereocenters. The summed E-state index contributed by atoms with van der Waals surface area (Å²) < 4.78 is 33.9. The maximum Gasteiger partial charge on any atom is 0.264 e. The molecule has 1 atom stereocenters. The Morgan fingerprint density at radius 3 is 2.24 bits per heavy atom. The molecule has 2 amide bonds. The highest BCUT2D eigenvalue weighted by Gasteiger charge is 2.33. The first-order valence-electron chi connectivity index (χ1n) is 12.6. The highest BCUT2D eigenvalue weighted by Crippen LogP contribution is 2.25. The number of nitrogens with one attached hydrogen (secondary N) is 1. The molecule has 3 rings (SSSR count). The van der Waals surface area contributed by atoms with Gasteiger partial charge in [0, 0.05) is 13.1 Å². The van der Waals surface area contributed by atoms with Gasteiger partial charge >= 0.3 is 0 Å². The highest BCUT2D eigenvalue weighted by atomic mass is 32.2. The van der Waals surface area contributed by atoms with Crippen LogP contribution in [0.15, 0.2) is 83.8 Å². The van der Waals surface area contributed by atoms with E-state index >= 15 is 0 Å². The van der Waals surface area contributed by atoms with Crippen LogP contribution in [0.2, 0.25) is 0 Å². The number of ether oxygens (including phenoxy) is 1. The van der Waals surface area contributed by atoms with Gasteiger partial charge in [-0.25, -0.2) is 8.42 Å². The van der Waals surface area contributed by atoms with Crippen molar-refractivity contribution in [3.05, 3.63) is 90.0 Å². The van der Waals surface area contributed by atoms with Gasteiger partial charge in [-0.3, -0.25) is 13.9 Å². The molecule has 202 valence electrons. The van der Waals surface area contributed by atoms with E-state index in [-0.39, 0.29) is 17.3 Å². The second-order valence-electron chi connectivity index (χ2n) is 8.85. The molecule has 0 spiro atoms. The first kappa shape index (κ1) is 28.7. The van der Waals surface area contributed by atoms with Crippen LogP contribution in [-0.4, -0.2) is 51.4 Å². The number of sulfonamides is 1. The summed E-state index contributed by atoms with van der Waals surface area (Å²) in [5.41, 5.74) is 2.08. The molecule has 3 aromatic carbocycles. The van der Waals surface area contributed by atoms with Gasteiger partial charge in [-0.05, 0) is 62.2 Å². The fourth-order valence-corrected chi connectivity index (χ4v) is 5.57. The largest absolute Gasteiger partial charge is 0.497 e. The number of carbonyl (C=O) groups is 2. The average molecular weight is 538 g/mol. The Kier molecular flexibility index (Phi) is 9.90. The minimum atomic E-state index is -4.08. The Morgan fingerprint density at radius 1 is 0.947 bits per heavy atom. The van der Waals surface area contributed by atoms with Crippen LogP contribution in [0.3, 0.4) is 0 Å². The van der Waals surface area contributed by atoms with E-state index in [9.17, 15) is 18.0 Å². The molecule has 0 heterocycles. The Labute approximate surface area is 225 Å². The Bertz CT molecular complexity index is 1330. The van der Waals surface area contributed by atoms with Crippen LogP contribution in [0.5, 0.6) is 5.75 Å². The molecule has 0 aliphatic heterocycles. The second-order valence-corrected chi connectivity index (χ2v) is 10.7. The van der Waals surface area contributed by atoms with Gasteiger partial charge in [-0.2, -0.15) is 0 Å². The van der Waals surface area contributed by atoms with Crippen molar-refractivity contribution in [3.63, 3.8) is 0 Å². The predicted octanol–water partition coefficient (Wildman–Crippen LogP) is 4.14. The summed E-state index contributed by atoms with van der Waals surface area (Å²) in [5, 5.41) is 2.80. The summed E-state index contributed by atoms with van der Waals surface area (Å²) in [6.07, 6.45) is 0.359. The molecule has 0 saturated carbocycles. The van der Waals surface area contributed by atoms with Gasteiger partial charge in [0.2, 0.25) is 11.8 Å². The highest BCUT2D eigenvalue weighted by molar-refractivity contribution is 7.92. The van der Waals surface area contributed by atoms with Gasteiger partial charge in [-0.1, -0.05) is 55.0 Å². The van der Waals surface area contributed by atoms with Crippen molar-refractivity contribution in [2.24, 2.45) is 0 Å². The van der Waals surface area contributed by atoms with Crippen molar-refractivity contribution in [2.45, 2.75) is 44.7 Å². The van der Waals surface area contributed by atoms with E-state index in [1.165, 1.54) is 17.0 Å². The maximum atomic E-state index is 13.9. The lowest BCUT2D eigenvalue weighted by atomic mass is 10.1. The van der Waals surface area contributed by atoms with E-state index in [4.69, 9.17) is 4.74 Å². The van der Waals surface area contributed by atoms with Crippen LogP contribution >= 0.6 is 0 Å². The summed E-state index contributed by atoms with van der Waals surface area (Å²) in [6.45, 7) is 5.58. The van der Waals surface area contributed by atoms with Crippen molar-refractivity contribution in [3.8, 4) is 5.75 Å². The van der Waals surface area contributed by atoms with Crippen LogP contribution in [0.4, 0.5) is 5.69 Å². The van der Waals surface area contributed by atoms with Crippen molar-refractivity contribution in [2.75, 3.05) is 24.5 Å². The number of hydrogen-bond acceptors (Lipinski definition) is 5. The van der Waals surface area contributed by atoms with Crippen molar-refractivity contribution in [1.29, 1.82) is 0 Å².